The van der Waals surface area contributed by atoms with Crippen LogP contribution >= 0.6 is 0 Å². The standard InChI is InChI=1S/C8H15N3O/c1-2-11-4-3-8(10-11)7(5-9)6-12/h3-4,7,12H,2,5-6,9H2,1H3. The number of hydrogen-bond acceptors (Lipinski definition) is 3. The number of aromatic nitrogens is 2. The Kier molecular flexibility index (Phi) is 3.25. The number of nitrogens with zero attached hydrogens (tertiary/aromatic N) is 2. The molecule has 0 spiro atoms. The summed E-state index contributed by atoms with van der Waals surface area (Å²) >= 11 is 0. The molecule has 3 N–H and O–H groups in total. The van der Waals surface area contributed by atoms with Gasteiger partial charge < -0.3 is 10.8 Å². The first-order valence-electron chi connectivity index (χ1n) is 4.16. The highest BCUT2D eigenvalue weighted by atomic mass is 16.3. The van der Waals surface area contributed by atoms with E-state index < -0.39 is 0 Å². The van der Waals surface area contributed by atoms with Gasteiger partial charge in [0.15, 0.2) is 0 Å². The zero-order valence-electron chi connectivity index (χ0n) is 7.27. The lowest BCUT2D eigenvalue weighted by Crippen LogP contribution is -2.16. The maximum atomic E-state index is 8.93. The second kappa shape index (κ2) is 4.23. The van der Waals surface area contributed by atoms with Gasteiger partial charge in [0, 0.05) is 25.2 Å². The third-order valence-corrected chi connectivity index (χ3v) is 1.91. The molecule has 1 aromatic rings. The van der Waals surface area contributed by atoms with Gasteiger partial charge in [-0.15, -0.1) is 0 Å². The molecule has 1 atom stereocenters. The number of aliphatic hydroxyl groups excluding tert-OH is 1. The van der Waals surface area contributed by atoms with Gasteiger partial charge in [0.2, 0.25) is 0 Å². The molecule has 0 aliphatic rings. The topological polar surface area (TPSA) is 64.1 Å². The van der Waals surface area contributed by atoms with Crippen LogP contribution in [-0.2, 0) is 6.54 Å². The number of nitrogens with two attached hydrogens (primary N) is 1. The normalized spacial score (nSPS) is 13.2. The fourth-order valence-electron chi connectivity index (χ4n) is 1.06. The van der Waals surface area contributed by atoms with E-state index in [0.717, 1.165) is 12.2 Å². The lowest BCUT2D eigenvalue weighted by atomic mass is 10.1. The summed E-state index contributed by atoms with van der Waals surface area (Å²) in [5.74, 6) is -0.0159. The minimum atomic E-state index is -0.0159. The van der Waals surface area contributed by atoms with Crippen molar-refractivity contribution in [1.29, 1.82) is 0 Å². The summed E-state index contributed by atoms with van der Waals surface area (Å²) in [6.07, 6.45) is 1.90. The van der Waals surface area contributed by atoms with Gasteiger partial charge in [-0.25, -0.2) is 0 Å². The van der Waals surface area contributed by atoms with Gasteiger partial charge in [0.05, 0.1) is 12.3 Å². The quantitative estimate of drug-likeness (QED) is 0.663. The Morgan fingerprint density at radius 3 is 2.92 bits per heavy atom. The predicted molar refractivity (Wildman–Crippen MR) is 46.8 cm³/mol. The molecule has 1 heterocycles. The Morgan fingerprint density at radius 2 is 2.50 bits per heavy atom. The molecular weight excluding hydrogens is 154 g/mol. The molecule has 0 saturated heterocycles. The molecule has 1 rings (SSSR count). The van der Waals surface area contributed by atoms with Gasteiger partial charge in [0.1, 0.15) is 0 Å². The zero-order valence-corrected chi connectivity index (χ0v) is 7.27. The first-order valence-corrected chi connectivity index (χ1v) is 4.16. The Hall–Kier alpha value is -0.870. The third-order valence-electron chi connectivity index (χ3n) is 1.91. The lowest BCUT2D eigenvalue weighted by molar-refractivity contribution is 0.265. The van der Waals surface area contributed by atoms with Gasteiger partial charge in [-0.3, -0.25) is 4.68 Å². The molecule has 4 heteroatoms. The van der Waals surface area contributed by atoms with Crippen molar-refractivity contribution in [3.05, 3.63) is 18.0 Å². The van der Waals surface area contributed by atoms with Crippen molar-refractivity contribution in [3.8, 4) is 0 Å². The highest BCUT2D eigenvalue weighted by Gasteiger charge is 2.10. The minimum absolute atomic E-state index is 0.0159. The second-order valence-corrected chi connectivity index (χ2v) is 2.71. The van der Waals surface area contributed by atoms with E-state index in [1.54, 1.807) is 0 Å². The van der Waals surface area contributed by atoms with E-state index >= 15 is 0 Å². The molecule has 1 aromatic heterocycles. The molecule has 0 fully saturated rings. The SMILES string of the molecule is CCn1ccc(C(CN)CO)n1. The molecule has 1 unspecified atom stereocenters. The van der Waals surface area contributed by atoms with Crippen molar-refractivity contribution in [1.82, 2.24) is 9.78 Å². The Labute approximate surface area is 72.0 Å². The van der Waals surface area contributed by atoms with E-state index in [0.29, 0.717) is 6.54 Å². The van der Waals surface area contributed by atoms with Gasteiger partial charge >= 0.3 is 0 Å². The van der Waals surface area contributed by atoms with Crippen molar-refractivity contribution in [2.24, 2.45) is 5.73 Å². The number of aryl methyl sites for hydroxylation is 1. The monoisotopic (exact) mass is 169 g/mol. The average Bonchev–Trinajstić information content (AvgIpc) is 2.55. The summed E-state index contributed by atoms with van der Waals surface area (Å²) in [6, 6.07) is 1.90. The van der Waals surface area contributed by atoms with Gasteiger partial charge in [-0.1, -0.05) is 0 Å². The van der Waals surface area contributed by atoms with Gasteiger partial charge in [-0.2, -0.15) is 5.10 Å². The van der Waals surface area contributed by atoms with Crippen molar-refractivity contribution in [2.75, 3.05) is 13.2 Å². The Morgan fingerprint density at radius 1 is 1.75 bits per heavy atom. The minimum Gasteiger partial charge on any atom is -0.396 e. The van der Waals surface area contributed by atoms with Crippen LogP contribution in [0.3, 0.4) is 0 Å². The summed E-state index contributed by atoms with van der Waals surface area (Å²) in [5, 5.41) is 13.2. The van der Waals surface area contributed by atoms with E-state index in [9.17, 15) is 0 Å². The largest absolute Gasteiger partial charge is 0.396 e. The highest BCUT2D eigenvalue weighted by Crippen LogP contribution is 2.10. The zero-order chi connectivity index (χ0) is 8.97. The molecule has 4 nitrogen and oxygen atoms in total. The van der Waals surface area contributed by atoms with Crippen molar-refractivity contribution >= 4 is 0 Å². The summed E-state index contributed by atoms with van der Waals surface area (Å²) in [6.45, 7) is 3.38. The number of aliphatic hydroxyl groups is 1. The fraction of sp³-hybridized carbons (Fsp3) is 0.625. The van der Waals surface area contributed by atoms with Crippen LogP contribution in [0.1, 0.15) is 18.5 Å². The molecule has 68 valence electrons. The molecule has 0 amide bonds. The molecule has 0 aromatic carbocycles. The highest BCUT2D eigenvalue weighted by molar-refractivity contribution is 5.06. The molecular formula is C8H15N3O. The molecule has 12 heavy (non-hydrogen) atoms. The summed E-state index contributed by atoms with van der Waals surface area (Å²) in [7, 11) is 0. The number of hydrogen-bond donors (Lipinski definition) is 2. The smallest absolute Gasteiger partial charge is 0.0691 e. The van der Waals surface area contributed by atoms with E-state index in [4.69, 9.17) is 10.8 Å². The molecule has 0 saturated carbocycles. The Bertz CT molecular complexity index is 230. The van der Waals surface area contributed by atoms with Crippen LogP contribution in [0.2, 0.25) is 0 Å². The second-order valence-electron chi connectivity index (χ2n) is 2.71. The Balaban J connectivity index is 2.72. The third kappa shape index (κ3) is 1.84. The summed E-state index contributed by atoms with van der Waals surface area (Å²) in [4.78, 5) is 0. The maximum Gasteiger partial charge on any atom is 0.0691 e. The van der Waals surface area contributed by atoms with Crippen LogP contribution in [0, 0.1) is 0 Å². The predicted octanol–water partition coefficient (Wildman–Crippen LogP) is -0.0624. The summed E-state index contributed by atoms with van der Waals surface area (Å²) in [5.41, 5.74) is 6.33. The number of rotatable bonds is 4. The molecule has 0 radical (unpaired) electrons. The fourth-order valence-corrected chi connectivity index (χ4v) is 1.06. The maximum absolute atomic E-state index is 8.93. The van der Waals surface area contributed by atoms with Crippen LogP contribution in [0.4, 0.5) is 0 Å². The van der Waals surface area contributed by atoms with E-state index in [-0.39, 0.29) is 12.5 Å². The van der Waals surface area contributed by atoms with Crippen molar-refractivity contribution in [3.63, 3.8) is 0 Å². The average molecular weight is 169 g/mol. The summed E-state index contributed by atoms with van der Waals surface area (Å²) < 4.78 is 1.83. The van der Waals surface area contributed by atoms with Crippen LogP contribution in [-0.4, -0.2) is 28.0 Å². The first kappa shape index (κ1) is 9.22. The van der Waals surface area contributed by atoms with Crippen LogP contribution in [0.25, 0.3) is 0 Å². The van der Waals surface area contributed by atoms with Crippen LogP contribution in [0.5, 0.6) is 0 Å². The first-order chi connectivity index (χ1) is 5.81. The van der Waals surface area contributed by atoms with E-state index in [1.165, 1.54) is 0 Å². The van der Waals surface area contributed by atoms with Crippen LogP contribution in [0.15, 0.2) is 12.3 Å². The van der Waals surface area contributed by atoms with Gasteiger partial charge in [-0.05, 0) is 13.0 Å². The van der Waals surface area contributed by atoms with Crippen molar-refractivity contribution < 1.29 is 5.11 Å². The lowest BCUT2D eigenvalue weighted by Gasteiger charge is -2.06. The molecule has 0 aliphatic heterocycles. The van der Waals surface area contributed by atoms with Crippen LogP contribution < -0.4 is 5.73 Å². The molecule has 0 bridgehead atoms. The van der Waals surface area contributed by atoms with Gasteiger partial charge in [0.25, 0.3) is 0 Å². The van der Waals surface area contributed by atoms with Crippen molar-refractivity contribution in [2.45, 2.75) is 19.4 Å². The molecule has 0 aliphatic carbocycles. The van der Waals surface area contributed by atoms with E-state index in [1.807, 2.05) is 23.9 Å². The van der Waals surface area contributed by atoms with E-state index in [2.05, 4.69) is 5.10 Å².